The molecular formula is C23H25N3O2S. The van der Waals surface area contributed by atoms with Crippen molar-refractivity contribution in [3.05, 3.63) is 66.7 Å². The van der Waals surface area contributed by atoms with Crippen LogP contribution in [0.3, 0.4) is 0 Å². The molecule has 0 aliphatic heterocycles. The van der Waals surface area contributed by atoms with Crippen molar-refractivity contribution in [2.45, 2.75) is 32.5 Å². The number of allylic oxidation sites excluding steroid dienone is 1. The number of imidazole rings is 1. The summed E-state index contributed by atoms with van der Waals surface area (Å²) in [6.45, 7) is 10.0. The van der Waals surface area contributed by atoms with E-state index in [9.17, 15) is 9.59 Å². The summed E-state index contributed by atoms with van der Waals surface area (Å²) in [6, 6.07) is 14.9. The Kier molecular flexibility index (Phi) is 6.23. The number of fused-ring (bicyclic) bond motifs is 1. The highest BCUT2D eigenvalue weighted by Gasteiger charge is 2.21. The summed E-state index contributed by atoms with van der Waals surface area (Å²) < 4.78 is 2.06. The zero-order valence-corrected chi connectivity index (χ0v) is 17.8. The van der Waals surface area contributed by atoms with Crippen LogP contribution in [0, 0.1) is 5.41 Å². The predicted molar refractivity (Wildman–Crippen MR) is 120 cm³/mol. The molecule has 1 amide bonds. The second-order valence-electron chi connectivity index (χ2n) is 7.78. The number of thioether (sulfide) groups is 1. The average Bonchev–Trinajstić information content (AvgIpc) is 3.04. The predicted octanol–water partition coefficient (Wildman–Crippen LogP) is 5.18. The number of nitrogens with zero attached hydrogens (tertiary/aromatic N) is 2. The van der Waals surface area contributed by atoms with E-state index in [0.717, 1.165) is 16.2 Å². The molecule has 3 rings (SSSR count). The number of carbonyl (C=O) groups excluding carboxylic acids is 2. The minimum atomic E-state index is -0.470. The lowest BCUT2D eigenvalue weighted by Gasteiger charge is -2.17. The molecule has 1 N–H and O–H groups in total. The van der Waals surface area contributed by atoms with E-state index in [4.69, 9.17) is 0 Å². The molecule has 0 atom stereocenters. The first-order valence-electron chi connectivity index (χ1n) is 9.43. The first-order valence-corrected chi connectivity index (χ1v) is 10.4. The van der Waals surface area contributed by atoms with E-state index in [1.807, 2.05) is 51.1 Å². The van der Waals surface area contributed by atoms with Crippen LogP contribution < -0.4 is 5.32 Å². The highest BCUT2D eigenvalue weighted by Crippen LogP contribution is 2.25. The van der Waals surface area contributed by atoms with Crippen LogP contribution in [0.25, 0.3) is 11.0 Å². The molecule has 2 aromatic carbocycles. The molecule has 0 bridgehead atoms. The van der Waals surface area contributed by atoms with E-state index in [0.29, 0.717) is 17.8 Å². The van der Waals surface area contributed by atoms with Gasteiger partial charge in [-0.3, -0.25) is 9.59 Å². The minimum Gasteiger partial charge on any atom is -0.326 e. The molecule has 0 radical (unpaired) electrons. The molecule has 0 fully saturated rings. The van der Waals surface area contributed by atoms with E-state index in [1.54, 1.807) is 24.3 Å². The van der Waals surface area contributed by atoms with E-state index in [1.165, 1.54) is 11.8 Å². The molecule has 150 valence electrons. The quantitative estimate of drug-likeness (QED) is 0.333. The second-order valence-corrected chi connectivity index (χ2v) is 8.72. The normalized spacial score (nSPS) is 11.4. The third kappa shape index (κ3) is 4.95. The van der Waals surface area contributed by atoms with Crippen molar-refractivity contribution in [1.82, 2.24) is 9.55 Å². The Morgan fingerprint density at radius 1 is 1.14 bits per heavy atom. The van der Waals surface area contributed by atoms with Gasteiger partial charge in [-0.25, -0.2) is 4.98 Å². The van der Waals surface area contributed by atoms with Crippen LogP contribution in [-0.2, 0) is 11.3 Å². The fourth-order valence-electron chi connectivity index (χ4n) is 2.74. The van der Waals surface area contributed by atoms with Gasteiger partial charge in [-0.2, -0.15) is 0 Å². The van der Waals surface area contributed by atoms with Gasteiger partial charge >= 0.3 is 0 Å². The van der Waals surface area contributed by atoms with Gasteiger partial charge in [0.1, 0.15) is 0 Å². The van der Waals surface area contributed by atoms with Gasteiger partial charge in [0.25, 0.3) is 0 Å². The lowest BCUT2D eigenvalue weighted by Crippen LogP contribution is -2.27. The number of aromatic nitrogens is 2. The van der Waals surface area contributed by atoms with Crippen LogP contribution in [0.15, 0.2) is 66.3 Å². The van der Waals surface area contributed by atoms with Crippen molar-refractivity contribution in [2.75, 3.05) is 11.1 Å². The van der Waals surface area contributed by atoms with Crippen LogP contribution in [0.2, 0.25) is 0 Å². The number of rotatable bonds is 7. The molecule has 0 saturated heterocycles. The molecule has 1 aromatic heterocycles. The van der Waals surface area contributed by atoms with Crippen LogP contribution in [0.5, 0.6) is 0 Å². The largest absolute Gasteiger partial charge is 0.326 e. The van der Waals surface area contributed by atoms with Crippen molar-refractivity contribution in [3.63, 3.8) is 0 Å². The molecule has 5 nitrogen and oxygen atoms in total. The molecular weight excluding hydrogens is 382 g/mol. The third-order valence-electron chi connectivity index (χ3n) is 4.41. The topological polar surface area (TPSA) is 64.0 Å². The van der Waals surface area contributed by atoms with Crippen molar-refractivity contribution < 1.29 is 9.59 Å². The number of hydrogen-bond acceptors (Lipinski definition) is 4. The average molecular weight is 408 g/mol. The highest BCUT2D eigenvalue weighted by atomic mass is 32.2. The molecule has 6 heteroatoms. The number of carbonyl (C=O) groups is 2. The number of Topliss-reactive ketones (excluding diaryl/α,β-unsaturated/α-hetero) is 1. The van der Waals surface area contributed by atoms with Gasteiger partial charge in [0.2, 0.25) is 5.91 Å². The number of hydrogen-bond donors (Lipinski definition) is 1. The van der Waals surface area contributed by atoms with Gasteiger partial charge in [0, 0.05) is 23.2 Å². The Labute approximate surface area is 175 Å². The van der Waals surface area contributed by atoms with Gasteiger partial charge in [-0.05, 0) is 36.4 Å². The molecule has 3 aromatic rings. The zero-order chi connectivity index (χ0) is 21.0. The zero-order valence-electron chi connectivity index (χ0n) is 16.9. The Morgan fingerprint density at radius 2 is 1.83 bits per heavy atom. The Bertz CT molecular complexity index is 1050. The molecule has 29 heavy (non-hydrogen) atoms. The minimum absolute atomic E-state index is 0.0147. The fourth-order valence-corrected chi connectivity index (χ4v) is 3.66. The summed E-state index contributed by atoms with van der Waals surface area (Å²) in [5.74, 6) is 0.239. The monoisotopic (exact) mass is 407 g/mol. The fraction of sp³-hybridized carbons (Fsp3) is 0.261. The number of benzene rings is 2. The van der Waals surface area contributed by atoms with Crippen LogP contribution in [-0.4, -0.2) is 27.0 Å². The van der Waals surface area contributed by atoms with E-state index < -0.39 is 5.41 Å². The highest BCUT2D eigenvalue weighted by molar-refractivity contribution is 7.99. The smallest absolute Gasteiger partial charge is 0.229 e. The van der Waals surface area contributed by atoms with Gasteiger partial charge < -0.3 is 9.88 Å². The van der Waals surface area contributed by atoms with Gasteiger partial charge in [0.05, 0.1) is 16.8 Å². The first-order chi connectivity index (χ1) is 13.8. The summed E-state index contributed by atoms with van der Waals surface area (Å²) in [4.78, 5) is 29.3. The number of nitrogens with one attached hydrogen (secondary N) is 1. The Hall–Kier alpha value is -2.86. The standard InChI is InChI=1S/C23H25N3O2S/c1-5-14-26-19-9-7-6-8-18(19)25-22(26)29-15-20(27)16-10-12-17(13-11-16)24-21(28)23(2,3)4/h5-13H,1,14-15H2,2-4H3,(H,24,28). The maximum atomic E-state index is 12.6. The van der Waals surface area contributed by atoms with Crippen molar-refractivity contribution in [2.24, 2.45) is 5.41 Å². The molecule has 1 heterocycles. The molecule has 0 spiro atoms. The number of ketones is 1. The van der Waals surface area contributed by atoms with Crippen molar-refractivity contribution in [3.8, 4) is 0 Å². The Balaban J connectivity index is 1.68. The SMILES string of the molecule is C=CCn1c(SCC(=O)c2ccc(NC(=O)C(C)(C)C)cc2)nc2ccccc21. The first kappa shape index (κ1) is 20.9. The lowest BCUT2D eigenvalue weighted by molar-refractivity contribution is -0.123. The molecule has 0 saturated carbocycles. The van der Waals surface area contributed by atoms with Crippen molar-refractivity contribution in [1.29, 1.82) is 0 Å². The lowest BCUT2D eigenvalue weighted by atomic mass is 9.95. The van der Waals surface area contributed by atoms with Crippen LogP contribution >= 0.6 is 11.8 Å². The molecule has 0 aliphatic rings. The van der Waals surface area contributed by atoms with Gasteiger partial charge in [-0.15, -0.1) is 6.58 Å². The summed E-state index contributed by atoms with van der Waals surface area (Å²) in [5.41, 5.74) is 2.76. The van der Waals surface area contributed by atoms with E-state index in [-0.39, 0.29) is 17.4 Å². The third-order valence-corrected chi connectivity index (χ3v) is 5.39. The molecule has 0 aliphatic carbocycles. The van der Waals surface area contributed by atoms with Crippen LogP contribution in [0.4, 0.5) is 5.69 Å². The second kappa shape index (κ2) is 8.66. The van der Waals surface area contributed by atoms with Crippen LogP contribution in [0.1, 0.15) is 31.1 Å². The molecule has 0 unspecified atom stereocenters. The van der Waals surface area contributed by atoms with Gasteiger partial charge in [0.15, 0.2) is 10.9 Å². The Morgan fingerprint density at radius 3 is 2.48 bits per heavy atom. The number of anilines is 1. The van der Waals surface area contributed by atoms with Crippen molar-refractivity contribution >= 4 is 40.2 Å². The number of amides is 1. The number of para-hydroxylation sites is 2. The summed E-state index contributed by atoms with van der Waals surface area (Å²) in [7, 11) is 0. The summed E-state index contributed by atoms with van der Waals surface area (Å²) >= 11 is 1.42. The maximum absolute atomic E-state index is 12.6. The maximum Gasteiger partial charge on any atom is 0.229 e. The van der Waals surface area contributed by atoms with E-state index >= 15 is 0 Å². The summed E-state index contributed by atoms with van der Waals surface area (Å²) in [5, 5.41) is 3.66. The van der Waals surface area contributed by atoms with Gasteiger partial charge in [-0.1, -0.05) is 50.7 Å². The van der Waals surface area contributed by atoms with E-state index in [2.05, 4.69) is 21.4 Å². The summed E-state index contributed by atoms with van der Waals surface area (Å²) in [6.07, 6.45) is 1.82.